The van der Waals surface area contributed by atoms with Crippen molar-refractivity contribution in [2.45, 2.75) is 46.1 Å². The predicted octanol–water partition coefficient (Wildman–Crippen LogP) is 0.649. The van der Waals surface area contributed by atoms with Gasteiger partial charge in [0.2, 0.25) is 15.9 Å². The number of hydrogen-bond donors (Lipinski definition) is 1. The van der Waals surface area contributed by atoms with Gasteiger partial charge in [0.1, 0.15) is 0 Å². The maximum absolute atomic E-state index is 12.0. The number of carbonyl (C=O) groups is 1. The number of likely N-dealkylation sites (N-methyl/N-ethyl adjacent to an activating group) is 1. The summed E-state index contributed by atoms with van der Waals surface area (Å²) in [5.74, 6) is 0.346. The summed E-state index contributed by atoms with van der Waals surface area (Å²) in [5, 5.41) is 0. The largest absolute Gasteiger partial charge is 0.342 e. The van der Waals surface area contributed by atoms with E-state index in [2.05, 4.69) is 9.62 Å². The van der Waals surface area contributed by atoms with E-state index in [1.54, 1.807) is 0 Å². The van der Waals surface area contributed by atoms with Gasteiger partial charge in [-0.25, -0.2) is 13.1 Å². The van der Waals surface area contributed by atoms with Crippen LogP contribution in [0.1, 0.15) is 40.0 Å². The van der Waals surface area contributed by atoms with E-state index in [4.69, 9.17) is 0 Å². The standard InChI is InChI=1S/C14H29N3O3S/c1-4-11-21(19,20)15-13-7-9-16(10-8-13)12-14(18)17(5-2)6-3/h13,15H,4-12H2,1-3H3. The molecule has 1 heterocycles. The third kappa shape index (κ3) is 6.32. The first-order chi connectivity index (χ1) is 9.91. The number of sulfonamides is 1. The minimum Gasteiger partial charge on any atom is -0.342 e. The predicted molar refractivity (Wildman–Crippen MR) is 84.6 cm³/mol. The van der Waals surface area contributed by atoms with Crippen LogP contribution < -0.4 is 4.72 Å². The van der Waals surface area contributed by atoms with Gasteiger partial charge in [-0.2, -0.15) is 0 Å². The molecule has 21 heavy (non-hydrogen) atoms. The van der Waals surface area contributed by atoms with Gasteiger partial charge in [-0.3, -0.25) is 9.69 Å². The van der Waals surface area contributed by atoms with Gasteiger partial charge in [0, 0.05) is 32.2 Å². The minimum absolute atomic E-state index is 0.0151. The van der Waals surface area contributed by atoms with Crippen molar-refractivity contribution in [3.8, 4) is 0 Å². The lowest BCUT2D eigenvalue weighted by Crippen LogP contribution is -2.48. The molecule has 1 N–H and O–H groups in total. The normalized spacial score (nSPS) is 17.9. The van der Waals surface area contributed by atoms with Crippen LogP contribution in [-0.4, -0.2) is 68.6 Å². The molecule has 1 aliphatic heterocycles. The third-order valence-corrected chi connectivity index (χ3v) is 5.52. The second kappa shape index (κ2) is 8.70. The molecule has 124 valence electrons. The van der Waals surface area contributed by atoms with Crippen LogP contribution in [0.25, 0.3) is 0 Å². The summed E-state index contributed by atoms with van der Waals surface area (Å²) in [5.41, 5.74) is 0. The molecule has 0 radical (unpaired) electrons. The Morgan fingerprint density at radius 1 is 1.19 bits per heavy atom. The summed E-state index contributed by atoms with van der Waals surface area (Å²) in [6, 6.07) is 0.0151. The number of hydrogen-bond acceptors (Lipinski definition) is 4. The molecule has 1 rings (SSSR count). The number of likely N-dealkylation sites (tertiary alicyclic amines) is 1. The lowest BCUT2D eigenvalue weighted by Gasteiger charge is -2.33. The summed E-state index contributed by atoms with van der Waals surface area (Å²) in [6.07, 6.45) is 2.18. The van der Waals surface area contributed by atoms with E-state index >= 15 is 0 Å². The molecule has 0 aromatic carbocycles. The van der Waals surface area contributed by atoms with Gasteiger partial charge in [0.25, 0.3) is 0 Å². The number of carbonyl (C=O) groups excluding carboxylic acids is 1. The highest BCUT2D eigenvalue weighted by atomic mass is 32.2. The second-order valence-corrected chi connectivity index (χ2v) is 7.43. The molecule has 0 aromatic heterocycles. The molecule has 7 heteroatoms. The fourth-order valence-corrected chi connectivity index (χ4v) is 4.06. The molecule has 0 aromatic rings. The summed E-state index contributed by atoms with van der Waals surface area (Å²) >= 11 is 0. The van der Waals surface area contributed by atoms with E-state index in [0.29, 0.717) is 13.0 Å². The topological polar surface area (TPSA) is 69.7 Å². The second-order valence-electron chi connectivity index (χ2n) is 5.55. The van der Waals surface area contributed by atoms with E-state index < -0.39 is 10.0 Å². The quantitative estimate of drug-likeness (QED) is 0.713. The Balaban J connectivity index is 2.37. The zero-order chi connectivity index (χ0) is 15.9. The number of nitrogens with zero attached hydrogens (tertiary/aromatic N) is 2. The first-order valence-corrected chi connectivity index (χ1v) is 9.57. The molecular formula is C14H29N3O3S. The van der Waals surface area contributed by atoms with Crippen LogP contribution in [0.15, 0.2) is 0 Å². The van der Waals surface area contributed by atoms with Crippen LogP contribution in [0.4, 0.5) is 0 Å². The average Bonchev–Trinajstić information content (AvgIpc) is 2.42. The molecule has 0 unspecified atom stereocenters. The highest BCUT2D eigenvalue weighted by Gasteiger charge is 2.24. The van der Waals surface area contributed by atoms with Gasteiger partial charge < -0.3 is 4.90 Å². The molecule has 6 nitrogen and oxygen atoms in total. The SMILES string of the molecule is CCCS(=O)(=O)NC1CCN(CC(=O)N(CC)CC)CC1. The Kier molecular flexibility index (Phi) is 7.62. The zero-order valence-electron chi connectivity index (χ0n) is 13.5. The van der Waals surface area contributed by atoms with Crippen molar-refractivity contribution < 1.29 is 13.2 Å². The van der Waals surface area contributed by atoms with Crippen molar-refractivity contribution in [2.24, 2.45) is 0 Å². The molecule has 1 aliphatic rings. The maximum Gasteiger partial charge on any atom is 0.236 e. The summed E-state index contributed by atoms with van der Waals surface area (Å²) < 4.78 is 26.2. The van der Waals surface area contributed by atoms with Gasteiger partial charge in [-0.1, -0.05) is 6.92 Å². The Morgan fingerprint density at radius 2 is 1.76 bits per heavy atom. The van der Waals surface area contributed by atoms with Crippen LogP contribution in [0, 0.1) is 0 Å². The maximum atomic E-state index is 12.0. The van der Waals surface area contributed by atoms with Crippen molar-refractivity contribution >= 4 is 15.9 Å². The highest BCUT2D eigenvalue weighted by Crippen LogP contribution is 2.12. The molecule has 1 amide bonds. The van der Waals surface area contributed by atoms with E-state index in [1.165, 1.54) is 0 Å². The average molecular weight is 319 g/mol. The van der Waals surface area contributed by atoms with Gasteiger partial charge in [0.05, 0.1) is 12.3 Å². The fourth-order valence-electron chi connectivity index (χ4n) is 2.66. The van der Waals surface area contributed by atoms with Gasteiger partial charge >= 0.3 is 0 Å². The molecular weight excluding hydrogens is 290 g/mol. The zero-order valence-corrected chi connectivity index (χ0v) is 14.3. The van der Waals surface area contributed by atoms with Crippen molar-refractivity contribution in [3.63, 3.8) is 0 Å². The van der Waals surface area contributed by atoms with E-state index in [0.717, 1.165) is 39.0 Å². The summed E-state index contributed by atoms with van der Waals surface area (Å²) in [7, 11) is -3.14. The van der Waals surface area contributed by atoms with Crippen molar-refractivity contribution in [2.75, 3.05) is 38.5 Å². The van der Waals surface area contributed by atoms with Crippen LogP contribution in [0.2, 0.25) is 0 Å². The fraction of sp³-hybridized carbons (Fsp3) is 0.929. The lowest BCUT2D eigenvalue weighted by molar-refractivity contribution is -0.132. The van der Waals surface area contributed by atoms with Crippen LogP contribution >= 0.6 is 0 Å². The number of nitrogens with one attached hydrogen (secondary N) is 1. The molecule has 1 fully saturated rings. The van der Waals surface area contributed by atoms with Crippen molar-refractivity contribution in [3.05, 3.63) is 0 Å². The smallest absolute Gasteiger partial charge is 0.236 e. The first-order valence-electron chi connectivity index (χ1n) is 7.92. The van der Waals surface area contributed by atoms with E-state index in [-0.39, 0.29) is 17.7 Å². The molecule has 0 bridgehead atoms. The van der Waals surface area contributed by atoms with Crippen LogP contribution in [-0.2, 0) is 14.8 Å². The van der Waals surface area contributed by atoms with Crippen LogP contribution in [0.5, 0.6) is 0 Å². The monoisotopic (exact) mass is 319 g/mol. The highest BCUT2D eigenvalue weighted by molar-refractivity contribution is 7.89. The molecule has 0 spiro atoms. The summed E-state index contributed by atoms with van der Waals surface area (Å²) in [6.45, 7) is 9.28. The molecule has 0 atom stereocenters. The van der Waals surface area contributed by atoms with Gasteiger partial charge in [0.15, 0.2) is 0 Å². The van der Waals surface area contributed by atoms with Gasteiger partial charge in [-0.15, -0.1) is 0 Å². The number of amides is 1. The molecule has 1 saturated heterocycles. The molecule has 0 saturated carbocycles. The van der Waals surface area contributed by atoms with Crippen molar-refractivity contribution in [1.82, 2.24) is 14.5 Å². The Bertz CT molecular complexity index is 413. The third-order valence-electron chi connectivity index (χ3n) is 3.88. The Hall–Kier alpha value is -0.660. The minimum atomic E-state index is -3.14. The van der Waals surface area contributed by atoms with E-state index in [1.807, 2.05) is 25.7 Å². The first kappa shape index (κ1) is 18.4. The van der Waals surface area contributed by atoms with Gasteiger partial charge in [-0.05, 0) is 33.1 Å². The summed E-state index contributed by atoms with van der Waals surface area (Å²) in [4.78, 5) is 16.0. The Morgan fingerprint density at radius 3 is 2.24 bits per heavy atom. The van der Waals surface area contributed by atoms with E-state index in [9.17, 15) is 13.2 Å². The van der Waals surface area contributed by atoms with Crippen LogP contribution in [0.3, 0.4) is 0 Å². The molecule has 0 aliphatic carbocycles. The number of piperidine rings is 1. The Labute approximate surface area is 128 Å². The number of rotatable bonds is 8. The lowest BCUT2D eigenvalue weighted by atomic mass is 10.1. The van der Waals surface area contributed by atoms with Crippen molar-refractivity contribution in [1.29, 1.82) is 0 Å².